The lowest BCUT2D eigenvalue weighted by Gasteiger charge is -2.24. The second-order valence-electron chi connectivity index (χ2n) is 4.64. The molecule has 1 aromatic rings. The first kappa shape index (κ1) is 12.4. The van der Waals surface area contributed by atoms with Gasteiger partial charge < -0.3 is 10.5 Å². The zero-order valence-electron chi connectivity index (χ0n) is 10.3. The third kappa shape index (κ3) is 4.02. The van der Waals surface area contributed by atoms with Gasteiger partial charge in [-0.15, -0.1) is 0 Å². The van der Waals surface area contributed by atoms with Crippen molar-refractivity contribution < 1.29 is 4.74 Å². The predicted octanol–water partition coefficient (Wildman–Crippen LogP) is 1.88. The van der Waals surface area contributed by atoms with Crippen LogP contribution in [0.3, 0.4) is 0 Å². The number of benzene rings is 1. The molecule has 94 valence electrons. The molecule has 1 fully saturated rings. The summed E-state index contributed by atoms with van der Waals surface area (Å²) in [6.07, 6.45) is 3.78. The van der Waals surface area contributed by atoms with Gasteiger partial charge in [-0.05, 0) is 51.0 Å². The summed E-state index contributed by atoms with van der Waals surface area (Å²) < 4.78 is 6.00. The van der Waals surface area contributed by atoms with E-state index in [1.54, 1.807) is 0 Å². The Morgan fingerprint density at radius 2 is 1.88 bits per heavy atom. The molecule has 1 saturated heterocycles. The molecule has 1 atom stereocenters. The SMILES string of the molecule is NCCC(CN1CCCC1)Oc1ccccc1. The maximum Gasteiger partial charge on any atom is 0.119 e. The first-order valence-electron chi connectivity index (χ1n) is 6.52. The zero-order valence-corrected chi connectivity index (χ0v) is 10.3. The summed E-state index contributed by atoms with van der Waals surface area (Å²) in [5.41, 5.74) is 5.66. The molecule has 0 radical (unpaired) electrons. The molecular weight excluding hydrogens is 212 g/mol. The number of hydrogen-bond donors (Lipinski definition) is 1. The minimum Gasteiger partial charge on any atom is -0.489 e. The molecule has 0 bridgehead atoms. The van der Waals surface area contributed by atoms with Gasteiger partial charge in [-0.1, -0.05) is 18.2 Å². The van der Waals surface area contributed by atoms with E-state index in [0.717, 1.165) is 18.7 Å². The Morgan fingerprint density at radius 3 is 2.53 bits per heavy atom. The van der Waals surface area contributed by atoms with Crippen LogP contribution in [-0.4, -0.2) is 37.2 Å². The van der Waals surface area contributed by atoms with E-state index >= 15 is 0 Å². The van der Waals surface area contributed by atoms with Crippen LogP contribution in [0.15, 0.2) is 30.3 Å². The Bertz CT molecular complexity index is 309. The Morgan fingerprint density at radius 1 is 1.18 bits per heavy atom. The molecule has 0 spiro atoms. The molecule has 1 aliphatic heterocycles. The Labute approximate surface area is 104 Å². The fourth-order valence-corrected chi connectivity index (χ4v) is 2.32. The summed E-state index contributed by atoms with van der Waals surface area (Å²) in [4.78, 5) is 2.48. The van der Waals surface area contributed by atoms with Crippen molar-refractivity contribution in [2.45, 2.75) is 25.4 Å². The molecule has 3 heteroatoms. The fraction of sp³-hybridized carbons (Fsp3) is 0.571. The van der Waals surface area contributed by atoms with Gasteiger partial charge in [0.15, 0.2) is 0 Å². The van der Waals surface area contributed by atoms with Crippen LogP contribution in [0.1, 0.15) is 19.3 Å². The fourth-order valence-electron chi connectivity index (χ4n) is 2.32. The monoisotopic (exact) mass is 234 g/mol. The number of hydrogen-bond acceptors (Lipinski definition) is 3. The molecule has 2 rings (SSSR count). The highest BCUT2D eigenvalue weighted by atomic mass is 16.5. The van der Waals surface area contributed by atoms with Crippen LogP contribution in [0.4, 0.5) is 0 Å². The van der Waals surface area contributed by atoms with Gasteiger partial charge in [-0.2, -0.15) is 0 Å². The van der Waals surface area contributed by atoms with E-state index in [1.165, 1.54) is 25.9 Å². The molecule has 3 nitrogen and oxygen atoms in total. The average Bonchev–Trinajstić information content (AvgIpc) is 2.83. The van der Waals surface area contributed by atoms with Gasteiger partial charge in [0, 0.05) is 6.54 Å². The van der Waals surface area contributed by atoms with Gasteiger partial charge in [0.05, 0.1) is 0 Å². The summed E-state index contributed by atoms with van der Waals surface area (Å²) in [6, 6.07) is 10.0. The maximum atomic E-state index is 6.00. The lowest BCUT2D eigenvalue weighted by Crippen LogP contribution is -2.35. The van der Waals surface area contributed by atoms with Crippen molar-refractivity contribution in [3.63, 3.8) is 0 Å². The molecule has 1 unspecified atom stereocenters. The van der Waals surface area contributed by atoms with Crippen molar-refractivity contribution in [1.82, 2.24) is 4.90 Å². The van der Waals surface area contributed by atoms with Crippen LogP contribution >= 0.6 is 0 Å². The average molecular weight is 234 g/mol. The van der Waals surface area contributed by atoms with Crippen LogP contribution < -0.4 is 10.5 Å². The van der Waals surface area contributed by atoms with Crippen LogP contribution in [0.25, 0.3) is 0 Å². The van der Waals surface area contributed by atoms with Crippen LogP contribution in [0.5, 0.6) is 5.75 Å². The number of nitrogens with two attached hydrogens (primary N) is 1. The molecular formula is C14H22N2O. The molecule has 1 aliphatic rings. The highest BCUT2D eigenvalue weighted by Crippen LogP contribution is 2.15. The second kappa shape index (κ2) is 6.62. The molecule has 1 heterocycles. The van der Waals surface area contributed by atoms with Crippen molar-refractivity contribution >= 4 is 0 Å². The first-order valence-corrected chi connectivity index (χ1v) is 6.52. The summed E-state index contributed by atoms with van der Waals surface area (Å²) >= 11 is 0. The van der Waals surface area contributed by atoms with E-state index < -0.39 is 0 Å². The van der Waals surface area contributed by atoms with Crippen molar-refractivity contribution in [3.05, 3.63) is 30.3 Å². The highest BCUT2D eigenvalue weighted by Gasteiger charge is 2.18. The van der Waals surface area contributed by atoms with Crippen molar-refractivity contribution in [1.29, 1.82) is 0 Å². The van der Waals surface area contributed by atoms with Gasteiger partial charge in [0.25, 0.3) is 0 Å². The van der Waals surface area contributed by atoms with Crippen molar-refractivity contribution in [2.75, 3.05) is 26.2 Å². The smallest absolute Gasteiger partial charge is 0.119 e. The van der Waals surface area contributed by atoms with Gasteiger partial charge in [-0.3, -0.25) is 4.90 Å². The number of rotatable bonds is 6. The molecule has 0 saturated carbocycles. The number of likely N-dealkylation sites (tertiary alicyclic amines) is 1. The summed E-state index contributed by atoms with van der Waals surface area (Å²) in [5.74, 6) is 0.949. The first-order chi connectivity index (χ1) is 8.38. The zero-order chi connectivity index (χ0) is 11.9. The second-order valence-corrected chi connectivity index (χ2v) is 4.64. The minimum absolute atomic E-state index is 0.223. The van der Waals surface area contributed by atoms with Crippen LogP contribution in [0, 0.1) is 0 Å². The molecule has 0 amide bonds. The Hall–Kier alpha value is -1.06. The quantitative estimate of drug-likeness (QED) is 0.816. The van der Waals surface area contributed by atoms with E-state index in [0.29, 0.717) is 6.54 Å². The summed E-state index contributed by atoms with van der Waals surface area (Å²) in [6.45, 7) is 4.11. The summed E-state index contributed by atoms with van der Waals surface area (Å²) in [5, 5.41) is 0. The standard InChI is InChI=1S/C14H22N2O/c15-9-8-14(12-16-10-4-5-11-16)17-13-6-2-1-3-7-13/h1-3,6-7,14H,4-5,8-12,15H2. The van der Waals surface area contributed by atoms with Crippen LogP contribution in [-0.2, 0) is 0 Å². The third-order valence-corrected chi connectivity index (χ3v) is 3.20. The van der Waals surface area contributed by atoms with Crippen molar-refractivity contribution in [2.24, 2.45) is 5.73 Å². The molecule has 1 aromatic carbocycles. The predicted molar refractivity (Wildman–Crippen MR) is 70.2 cm³/mol. The summed E-state index contributed by atoms with van der Waals surface area (Å²) in [7, 11) is 0. The van der Waals surface area contributed by atoms with Crippen LogP contribution in [0.2, 0.25) is 0 Å². The van der Waals surface area contributed by atoms with E-state index in [1.807, 2.05) is 30.3 Å². The van der Waals surface area contributed by atoms with E-state index in [9.17, 15) is 0 Å². The molecule has 0 aliphatic carbocycles. The lowest BCUT2D eigenvalue weighted by atomic mass is 10.2. The maximum absolute atomic E-state index is 6.00. The third-order valence-electron chi connectivity index (χ3n) is 3.20. The van der Waals surface area contributed by atoms with E-state index in [4.69, 9.17) is 10.5 Å². The molecule has 17 heavy (non-hydrogen) atoms. The van der Waals surface area contributed by atoms with Crippen molar-refractivity contribution in [3.8, 4) is 5.75 Å². The van der Waals surface area contributed by atoms with E-state index in [2.05, 4.69) is 4.90 Å². The topological polar surface area (TPSA) is 38.5 Å². The normalized spacial score (nSPS) is 18.2. The Kier molecular flexibility index (Phi) is 4.83. The van der Waals surface area contributed by atoms with E-state index in [-0.39, 0.29) is 6.10 Å². The number of para-hydroxylation sites is 1. The highest BCUT2D eigenvalue weighted by molar-refractivity contribution is 5.21. The Balaban J connectivity index is 1.87. The van der Waals surface area contributed by atoms with Gasteiger partial charge >= 0.3 is 0 Å². The minimum atomic E-state index is 0.223. The number of ether oxygens (including phenoxy) is 1. The van der Waals surface area contributed by atoms with Gasteiger partial charge in [0.1, 0.15) is 11.9 Å². The molecule has 2 N–H and O–H groups in total. The molecule has 0 aromatic heterocycles. The number of nitrogens with zero attached hydrogens (tertiary/aromatic N) is 1. The largest absolute Gasteiger partial charge is 0.489 e. The van der Waals surface area contributed by atoms with Gasteiger partial charge in [0.2, 0.25) is 0 Å². The van der Waals surface area contributed by atoms with Gasteiger partial charge in [-0.25, -0.2) is 0 Å². The lowest BCUT2D eigenvalue weighted by molar-refractivity contribution is 0.141.